The fourth-order valence-electron chi connectivity index (χ4n) is 3.57. The van der Waals surface area contributed by atoms with Gasteiger partial charge < -0.3 is 24.8 Å². The summed E-state index contributed by atoms with van der Waals surface area (Å²) >= 11 is 4.76. The third-order valence-corrected chi connectivity index (χ3v) is 6.62. The number of halogens is 1. The number of aliphatic hydroxyl groups is 1. The largest absolute Gasteiger partial charge is 0.488 e. The van der Waals surface area contributed by atoms with E-state index in [4.69, 9.17) is 9.47 Å². The Kier molecular flexibility index (Phi) is 8.10. The first kappa shape index (κ1) is 23.0. The molecule has 7 nitrogen and oxygen atoms in total. The van der Waals surface area contributed by atoms with Crippen LogP contribution < -0.4 is 10.1 Å². The Bertz CT molecular complexity index is 910. The van der Waals surface area contributed by atoms with Gasteiger partial charge in [-0.05, 0) is 54.9 Å². The number of carbonyl (C=O) groups is 2. The highest BCUT2D eigenvalue weighted by atomic mass is 79.9. The van der Waals surface area contributed by atoms with Crippen LogP contribution in [0.4, 0.5) is 5.00 Å². The van der Waals surface area contributed by atoms with E-state index in [1.807, 2.05) is 0 Å². The highest BCUT2D eigenvalue weighted by molar-refractivity contribution is 9.10. The molecule has 1 aliphatic rings. The minimum atomic E-state index is -0.621. The predicted molar refractivity (Wildman–Crippen MR) is 122 cm³/mol. The lowest BCUT2D eigenvalue weighted by Gasteiger charge is -2.28. The Morgan fingerprint density at radius 3 is 2.70 bits per heavy atom. The molecule has 9 heteroatoms. The average molecular weight is 499 g/mol. The normalized spacial score (nSPS) is 15.7. The number of piperidine rings is 1. The number of β-amino-alcohol motifs (C(OH)–C–C–N with tert-alkyl or cyclic N) is 1. The summed E-state index contributed by atoms with van der Waals surface area (Å²) in [6.07, 6.45) is 2.95. The molecule has 0 aliphatic carbocycles. The van der Waals surface area contributed by atoms with Crippen molar-refractivity contribution in [2.24, 2.45) is 0 Å². The Labute approximate surface area is 188 Å². The monoisotopic (exact) mass is 498 g/mol. The molecule has 2 aromatic rings. The van der Waals surface area contributed by atoms with Crippen molar-refractivity contribution in [1.29, 1.82) is 0 Å². The van der Waals surface area contributed by atoms with Crippen molar-refractivity contribution >= 4 is 54.2 Å². The van der Waals surface area contributed by atoms with Crippen LogP contribution in [0.2, 0.25) is 0 Å². The molecule has 1 aromatic heterocycles. The molecule has 0 bridgehead atoms. The molecule has 1 saturated heterocycles. The van der Waals surface area contributed by atoms with Crippen LogP contribution in [0.1, 0.15) is 43.5 Å². The van der Waals surface area contributed by atoms with Crippen LogP contribution in [-0.4, -0.2) is 60.8 Å². The van der Waals surface area contributed by atoms with E-state index in [0.29, 0.717) is 37.4 Å². The number of carbonyl (C=O) groups excluding carboxylic acids is 2. The summed E-state index contributed by atoms with van der Waals surface area (Å²) < 4.78 is 12.6. The number of amides is 1. The van der Waals surface area contributed by atoms with Gasteiger partial charge in [0.05, 0.1) is 15.8 Å². The number of ether oxygens (including phenoxy) is 2. The summed E-state index contributed by atoms with van der Waals surface area (Å²) in [5, 5.41) is 14.2. The van der Waals surface area contributed by atoms with Gasteiger partial charge in [0, 0.05) is 18.9 Å². The van der Waals surface area contributed by atoms with Crippen molar-refractivity contribution in [1.82, 2.24) is 4.90 Å². The van der Waals surface area contributed by atoms with Gasteiger partial charge in [-0.2, -0.15) is 0 Å². The molecule has 1 fully saturated rings. The van der Waals surface area contributed by atoms with Gasteiger partial charge in [0.25, 0.3) is 0 Å². The molecule has 1 amide bonds. The molecular weight excluding hydrogens is 472 g/mol. The average Bonchev–Trinajstić information content (AvgIpc) is 3.05. The van der Waals surface area contributed by atoms with Gasteiger partial charge >= 0.3 is 5.97 Å². The summed E-state index contributed by atoms with van der Waals surface area (Å²) in [5.74, 6) is -0.228. The van der Waals surface area contributed by atoms with E-state index in [2.05, 4.69) is 26.1 Å². The second-order valence-corrected chi connectivity index (χ2v) is 9.16. The van der Waals surface area contributed by atoms with E-state index in [1.54, 1.807) is 19.1 Å². The van der Waals surface area contributed by atoms with E-state index in [1.165, 1.54) is 24.7 Å². The van der Waals surface area contributed by atoms with E-state index in [-0.39, 0.29) is 19.1 Å². The van der Waals surface area contributed by atoms with Crippen molar-refractivity contribution in [3.05, 3.63) is 22.2 Å². The van der Waals surface area contributed by atoms with E-state index in [9.17, 15) is 14.7 Å². The first-order valence-electron chi connectivity index (χ1n) is 10.1. The number of nitrogens with zero attached hydrogens (tertiary/aromatic N) is 1. The minimum Gasteiger partial charge on any atom is -0.488 e. The molecule has 0 radical (unpaired) electrons. The molecule has 164 valence electrons. The van der Waals surface area contributed by atoms with Gasteiger partial charge in [0.2, 0.25) is 5.91 Å². The molecule has 2 N–H and O–H groups in total. The highest BCUT2D eigenvalue weighted by Gasteiger charge is 2.25. The van der Waals surface area contributed by atoms with Gasteiger partial charge in [-0.1, -0.05) is 12.5 Å². The zero-order valence-corrected chi connectivity index (χ0v) is 19.6. The zero-order valence-electron chi connectivity index (χ0n) is 17.2. The van der Waals surface area contributed by atoms with E-state index < -0.39 is 12.1 Å². The minimum absolute atomic E-state index is 0.135. The molecule has 0 spiro atoms. The lowest BCUT2D eigenvalue weighted by molar-refractivity contribution is -0.114. The molecule has 2 heterocycles. The number of fused-ring (bicyclic) bond motifs is 1. The first-order valence-corrected chi connectivity index (χ1v) is 11.7. The van der Waals surface area contributed by atoms with Crippen molar-refractivity contribution in [2.45, 2.75) is 39.2 Å². The van der Waals surface area contributed by atoms with E-state index in [0.717, 1.165) is 25.9 Å². The topological polar surface area (TPSA) is 88.1 Å². The summed E-state index contributed by atoms with van der Waals surface area (Å²) in [7, 11) is 0. The number of aliphatic hydroxyl groups excluding tert-OH is 1. The second-order valence-electron chi connectivity index (χ2n) is 7.29. The second kappa shape index (κ2) is 10.6. The van der Waals surface area contributed by atoms with Gasteiger partial charge in [-0.25, -0.2) is 4.79 Å². The van der Waals surface area contributed by atoms with Crippen molar-refractivity contribution in [3.63, 3.8) is 0 Å². The third kappa shape index (κ3) is 5.51. The van der Waals surface area contributed by atoms with Gasteiger partial charge in [-0.3, -0.25) is 4.79 Å². The Morgan fingerprint density at radius 1 is 1.30 bits per heavy atom. The summed E-state index contributed by atoms with van der Waals surface area (Å²) in [6, 6.07) is 3.59. The fraction of sp³-hybridized carbons (Fsp3) is 0.524. The summed E-state index contributed by atoms with van der Waals surface area (Å²) in [6.45, 7) is 6.08. The van der Waals surface area contributed by atoms with Crippen molar-refractivity contribution in [3.8, 4) is 5.75 Å². The standard InChI is InChI=1S/C21H27BrN2O5S/c1-3-28-21(27)17-15-7-8-16(22)18(19(15)30-20(17)23-13(2)25)29-12-14(26)11-24-9-5-4-6-10-24/h7-8,14,26H,3-6,9-12H2,1-2H3,(H,23,25). The maximum Gasteiger partial charge on any atom is 0.341 e. The number of hydrogen-bond donors (Lipinski definition) is 2. The van der Waals surface area contributed by atoms with Gasteiger partial charge in [0.1, 0.15) is 23.3 Å². The first-order chi connectivity index (χ1) is 14.4. The van der Waals surface area contributed by atoms with Crippen LogP contribution in [-0.2, 0) is 9.53 Å². The molecule has 1 aliphatic heterocycles. The maximum absolute atomic E-state index is 12.5. The fourth-order valence-corrected chi connectivity index (χ4v) is 5.38. The maximum atomic E-state index is 12.5. The molecule has 1 aromatic carbocycles. The number of esters is 1. The van der Waals surface area contributed by atoms with Crippen molar-refractivity contribution in [2.75, 3.05) is 38.2 Å². The number of likely N-dealkylation sites (tertiary alicyclic amines) is 1. The number of anilines is 1. The van der Waals surface area contributed by atoms with Gasteiger partial charge in [-0.15, -0.1) is 11.3 Å². The smallest absolute Gasteiger partial charge is 0.341 e. The predicted octanol–water partition coefficient (Wildman–Crippen LogP) is 4.02. The number of hydrogen-bond acceptors (Lipinski definition) is 7. The summed E-state index contributed by atoms with van der Waals surface area (Å²) in [5.41, 5.74) is 0.318. The third-order valence-electron chi connectivity index (χ3n) is 4.87. The zero-order chi connectivity index (χ0) is 21.7. The van der Waals surface area contributed by atoms with Crippen LogP contribution >= 0.6 is 27.3 Å². The van der Waals surface area contributed by atoms with Crippen molar-refractivity contribution < 1.29 is 24.2 Å². The van der Waals surface area contributed by atoms with Gasteiger partial charge in [0.15, 0.2) is 5.75 Å². The Morgan fingerprint density at radius 2 is 2.03 bits per heavy atom. The Hall–Kier alpha value is -1.68. The lowest BCUT2D eigenvalue weighted by Crippen LogP contribution is -2.38. The highest BCUT2D eigenvalue weighted by Crippen LogP contribution is 2.44. The number of thiophene rings is 1. The van der Waals surface area contributed by atoms with Crippen LogP contribution in [0.5, 0.6) is 5.75 Å². The summed E-state index contributed by atoms with van der Waals surface area (Å²) in [4.78, 5) is 26.4. The Balaban J connectivity index is 1.85. The molecule has 30 heavy (non-hydrogen) atoms. The molecule has 1 unspecified atom stereocenters. The molecule has 1 atom stereocenters. The molecular formula is C21H27BrN2O5S. The van der Waals surface area contributed by atoms with Crippen LogP contribution in [0.3, 0.4) is 0 Å². The molecule has 0 saturated carbocycles. The van der Waals surface area contributed by atoms with Crippen LogP contribution in [0.25, 0.3) is 10.1 Å². The molecule has 3 rings (SSSR count). The number of nitrogens with one attached hydrogen (secondary N) is 1. The van der Waals surface area contributed by atoms with Crippen LogP contribution in [0, 0.1) is 0 Å². The SMILES string of the molecule is CCOC(=O)c1c(NC(C)=O)sc2c(OCC(O)CN3CCCCC3)c(Br)ccc12. The van der Waals surface area contributed by atoms with Crippen LogP contribution in [0.15, 0.2) is 16.6 Å². The van der Waals surface area contributed by atoms with E-state index >= 15 is 0 Å². The number of rotatable bonds is 8. The lowest BCUT2D eigenvalue weighted by atomic mass is 10.1. The number of benzene rings is 1. The quantitative estimate of drug-likeness (QED) is 0.534.